The van der Waals surface area contributed by atoms with E-state index >= 15 is 0 Å². The number of carbonyl (C=O) groups excluding carboxylic acids is 4. The van der Waals surface area contributed by atoms with Gasteiger partial charge in [-0.3, -0.25) is 9.59 Å². The van der Waals surface area contributed by atoms with Crippen molar-refractivity contribution >= 4 is 23.5 Å². The molecule has 0 saturated heterocycles. The molecule has 0 saturated carbocycles. The summed E-state index contributed by atoms with van der Waals surface area (Å²) in [7, 11) is 2.46. The highest BCUT2D eigenvalue weighted by atomic mass is 16.5. The van der Waals surface area contributed by atoms with Crippen LogP contribution >= 0.6 is 0 Å². The van der Waals surface area contributed by atoms with Gasteiger partial charge in [-0.15, -0.1) is 0 Å². The van der Waals surface area contributed by atoms with Gasteiger partial charge in [-0.25, -0.2) is 9.59 Å². The molecule has 0 aliphatic heterocycles. The van der Waals surface area contributed by atoms with E-state index in [-0.39, 0.29) is 24.4 Å². The molecule has 6 nitrogen and oxygen atoms in total. The molecule has 0 heterocycles. The van der Waals surface area contributed by atoms with Crippen LogP contribution in [0.4, 0.5) is 0 Å². The zero-order valence-electron chi connectivity index (χ0n) is 12.7. The minimum Gasteiger partial charge on any atom is -0.466 e. The molecule has 0 spiro atoms. The number of hydrogen-bond donors (Lipinski definition) is 0. The smallest absolute Gasteiger partial charge is 0.330 e. The Morgan fingerprint density at radius 3 is 1.38 bits per heavy atom. The third kappa shape index (κ3) is 5.72. The molecule has 0 amide bonds. The number of carbonyl (C=O) groups is 4. The topological polar surface area (TPSA) is 86.7 Å². The monoisotopic (exact) mass is 296 g/mol. The SMILES string of the molecule is COC(=O)/C=C/CC(C/C=C/C(=O)OC)(C(C)=O)C(C)=O. The molecule has 0 aromatic heterocycles. The molecule has 0 radical (unpaired) electrons. The fourth-order valence-electron chi connectivity index (χ4n) is 1.75. The summed E-state index contributed by atoms with van der Waals surface area (Å²) in [6.07, 6.45) is 5.26. The van der Waals surface area contributed by atoms with Crippen molar-refractivity contribution in [1.82, 2.24) is 0 Å². The molecule has 0 aliphatic carbocycles. The van der Waals surface area contributed by atoms with Crippen LogP contribution in [0.2, 0.25) is 0 Å². The van der Waals surface area contributed by atoms with E-state index < -0.39 is 17.4 Å². The van der Waals surface area contributed by atoms with Crippen LogP contribution in [0.1, 0.15) is 26.7 Å². The summed E-state index contributed by atoms with van der Waals surface area (Å²) in [5.41, 5.74) is -1.30. The van der Waals surface area contributed by atoms with E-state index in [2.05, 4.69) is 9.47 Å². The molecule has 0 aromatic rings. The number of methoxy groups -OCH3 is 2. The number of ether oxygens (including phenoxy) is 2. The van der Waals surface area contributed by atoms with Crippen molar-refractivity contribution in [3.63, 3.8) is 0 Å². The molecule has 0 N–H and O–H groups in total. The fraction of sp³-hybridized carbons (Fsp3) is 0.467. The summed E-state index contributed by atoms with van der Waals surface area (Å²) in [5, 5.41) is 0. The van der Waals surface area contributed by atoms with E-state index in [0.717, 1.165) is 12.2 Å². The molecule has 0 aliphatic rings. The zero-order valence-corrected chi connectivity index (χ0v) is 12.7. The van der Waals surface area contributed by atoms with Gasteiger partial charge in [0, 0.05) is 12.2 Å². The number of Topliss-reactive ketones (excluding diaryl/α,β-unsaturated/α-hetero) is 2. The first-order valence-electron chi connectivity index (χ1n) is 6.31. The van der Waals surface area contributed by atoms with E-state index in [1.807, 2.05) is 0 Å². The number of allylic oxidation sites excluding steroid dienone is 2. The maximum atomic E-state index is 11.9. The lowest BCUT2D eigenvalue weighted by atomic mass is 9.74. The van der Waals surface area contributed by atoms with Crippen LogP contribution in [0.3, 0.4) is 0 Å². The average molecular weight is 296 g/mol. The van der Waals surface area contributed by atoms with Crippen LogP contribution in [0, 0.1) is 5.41 Å². The van der Waals surface area contributed by atoms with E-state index in [4.69, 9.17) is 0 Å². The number of ketones is 2. The molecular formula is C15H20O6. The van der Waals surface area contributed by atoms with Crippen molar-refractivity contribution in [2.45, 2.75) is 26.7 Å². The van der Waals surface area contributed by atoms with Crippen LogP contribution in [-0.4, -0.2) is 37.7 Å². The quantitative estimate of drug-likeness (QED) is 0.382. The van der Waals surface area contributed by atoms with Crippen LogP contribution in [0.5, 0.6) is 0 Å². The first-order valence-corrected chi connectivity index (χ1v) is 6.31. The molecule has 0 rings (SSSR count). The Morgan fingerprint density at radius 1 is 0.810 bits per heavy atom. The Balaban J connectivity index is 5.18. The minimum absolute atomic E-state index is 0.0538. The highest BCUT2D eigenvalue weighted by Gasteiger charge is 2.38. The van der Waals surface area contributed by atoms with Gasteiger partial charge in [0.1, 0.15) is 11.6 Å². The maximum Gasteiger partial charge on any atom is 0.330 e. The van der Waals surface area contributed by atoms with Crippen molar-refractivity contribution < 1.29 is 28.7 Å². The summed E-state index contributed by atoms with van der Waals surface area (Å²) < 4.78 is 8.88. The Bertz CT molecular complexity index is 429. The van der Waals surface area contributed by atoms with Gasteiger partial charge in [-0.05, 0) is 26.7 Å². The summed E-state index contributed by atoms with van der Waals surface area (Å²) in [6, 6.07) is 0. The van der Waals surface area contributed by atoms with Gasteiger partial charge in [-0.2, -0.15) is 0 Å². The lowest BCUT2D eigenvalue weighted by Crippen LogP contribution is -2.35. The minimum atomic E-state index is -1.30. The highest BCUT2D eigenvalue weighted by molar-refractivity contribution is 6.05. The number of rotatable bonds is 8. The molecule has 0 fully saturated rings. The second-order valence-corrected chi connectivity index (χ2v) is 4.45. The van der Waals surface area contributed by atoms with Gasteiger partial charge in [-0.1, -0.05) is 12.2 Å². The van der Waals surface area contributed by atoms with Gasteiger partial charge < -0.3 is 9.47 Å². The predicted molar refractivity (Wildman–Crippen MR) is 75.3 cm³/mol. The molecular weight excluding hydrogens is 276 g/mol. The maximum absolute atomic E-state index is 11.9. The normalized spacial score (nSPS) is 11.6. The number of hydrogen-bond acceptors (Lipinski definition) is 6. The fourth-order valence-corrected chi connectivity index (χ4v) is 1.75. The summed E-state index contributed by atoms with van der Waals surface area (Å²) in [5.74, 6) is -1.81. The molecule has 0 atom stereocenters. The molecule has 21 heavy (non-hydrogen) atoms. The Morgan fingerprint density at radius 2 is 1.14 bits per heavy atom. The molecule has 6 heteroatoms. The van der Waals surface area contributed by atoms with Crippen LogP contribution < -0.4 is 0 Å². The second-order valence-electron chi connectivity index (χ2n) is 4.45. The predicted octanol–water partition coefficient (Wildman–Crippen LogP) is 1.39. The lowest BCUT2D eigenvalue weighted by molar-refractivity contribution is -0.139. The summed E-state index contributed by atoms with van der Waals surface area (Å²) >= 11 is 0. The molecule has 0 bridgehead atoms. The van der Waals surface area contributed by atoms with E-state index in [1.165, 1.54) is 40.2 Å². The Kier molecular flexibility index (Phi) is 7.89. The zero-order chi connectivity index (χ0) is 16.5. The molecule has 0 aromatic carbocycles. The molecule has 116 valence electrons. The largest absolute Gasteiger partial charge is 0.466 e. The van der Waals surface area contributed by atoms with Crippen molar-refractivity contribution in [1.29, 1.82) is 0 Å². The Hall–Kier alpha value is -2.24. The number of esters is 2. The summed E-state index contributed by atoms with van der Waals surface area (Å²) in [4.78, 5) is 45.8. The van der Waals surface area contributed by atoms with Crippen molar-refractivity contribution in [2.24, 2.45) is 5.41 Å². The lowest BCUT2D eigenvalue weighted by Gasteiger charge is -2.25. The third-order valence-corrected chi connectivity index (χ3v) is 3.19. The van der Waals surface area contributed by atoms with Crippen molar-refractivity contribution in [2.75, 3.05) is 14.2 Å². The first-order chi connectivity index (χ1) is 9.80. The standard InChI is InChI=1S/C15H20O6/c1-11(16)15(12(2)17,9-5-7-13(18)20-3)10-6-8-14(19)21-4/h5-8H,9-10H2,1-4H3/b7-5+,8-6+. The highest BCUT2D eigenvalue weighted by Crippen LogP contribution is 2.30. The second kappa shape index (κ2) is 8.84. The van der Waals surface area contributed by atoms with E-state index in [1.54, 1.807) is 0 Å². The van der Waals surface area contributed by atoms with Gasteiger partial charge in [0.2, 0.25) is 0 Å². The van der Waals surface area contributed by atoms with Gasteiger partial charge in [0.05, 0.1) is 19.6 Å². The first kappa shape index (κ1) is 18.8. The Labute approximate surface area is 123 Å². The van der Waals surface area contributed by atoms with Crippen LogP contribution in [-0.2, 0) is 28.7 Å². The van der Waals surface area contributed by atoms with Crippen LogP contribution in [0.25, 0.3) is 0 Å². The van der Waals surface area contributed by atoms with Gasteiger partial charge in [0.15, 0.2) is 0 Å². The van der Waals surface area contributed by atoms with Crippen molar-refractivity contribution in [3.8, 4) is 0 Å². The van der Waals surface area contributed by atoms with Crippen molar-refractivity contribution in [3.05, 3.63) is 24.3 Å². The van der Waals surface area contributed by atoms with Gasteiger partial charge >= 0.3 is 11.9 Å². The third-order valence-electron chi connectivity index (χ3n) is 3.19. The molecule has 0 unspecified atom stereocenters. The average Bonchev–Trinajstić information content (AvgIpc) is 2.44. The van der Waals surface area contributed by atoms with E-state index in [0.29, 0.717) is 0 Å². The van der Waals surface area contributed by atoms with Gasteiger partial charge in [0.25, 0.3) is 0 Å². The van der Waals surface area contributed by atoms with Crippen LogP contribution in [0.15, 0.2) is 24.3 Å². The van der Waals surface area contributed by atoms with E-state index in [9.17, 15) is 19.2 Å². The summed E-state index contributed by atoms with van der Waals surface area (Å²) in [6.45, 7) is 2.61.